The van der Waals surface area contributed by atoms with Gasteiger partial charge in [0.05, 0.1) is 11.4 Å². The Kier molecular flexibility index (Phi) is 8.94. The van der Waals surface area contributed by atoms with Gasteiger partial charge in [-0.05, 0) is 55.7 Å². The Morgan fingerprint density at radius 2 is 2.00 bits per heavy atom. The molecule has 1 unspecified atom stereocenters. The van der Waals surface area contributed by atoms with E-state index < -0.39 is 21.8 Å². The lowest BCUT2D eigenvalue weighted by molar-refractivity contribution is 0.256. The molecule has 0 aliphatic carbocycles. The van der Waals surface area contributed by atoms with E-state index >= 15 is 0 Å². The van der Waals surface area contributed by atoms with Crippen molar-refractivity contribution in [3.63, 3.8) is 0 Å². The number of aromatic nitrogens is 1. The van der Waals surface area contributed by atoms with Gasteiger partial charge in [0.15, 0.2) is 0 Å². The lowest BCUT2D eigenvalue weighted by Crippen LogP contribution is -2.36. The molecule has 0 saturated carbocycles. The predicted octanol–water partition coefficient (Wildman–Crippen LogP) is 4.83. The van der Waals surface area contributed by atoms with Crippen LogP contribution in [-0.4, -0.2) is 45.5 Å². The van der Waals surface area contributed by atoms with Gasteiger partial charge in [0, 0.05) is 23.5 Å². The third kappa shape index (κ3) is 7.29. The molecule has 0 fully saturated rings. The summed E-state index contributed by atoms with van der Waals surface area (Å²) in [4.78, 5) is 18.9. The van der Waals surface area contributed by atoms with E-state index in [4.69, 9.17) is 4.78 Å². The Labute approximate surface area is 184 Å². The molecular formula is C22H32FN5O2S. The first-order chi connectivity index (χ1) is 14.7. The van der Waals surface area contributed by atoms with Crippen molar-refractivity contribution in [2.45, 2.75) is 40.0 Å². The number of hydrogen-bond acceptors (Lipinski definition) is 5. The van der Waals surface area contributed by atoms with E-state index in [1.807, 2.05) is 27.7 Å². The number of urea groups is 1. The standard InChI is InChI=1S/C22H32FN5O2S/c1-5-28(6-2)11-8-12-31(24,30)27-22(29)26-21-19(16(3)4)13-18(23)14-20(21)17-9-7-10-25-15-17/h7,9-10,13-16H,5-6,8,11-12H2,1-4H3,(H3,24,26,27,29,30). The van der Waals surface area contributed by atoms with Gasteiger partial charge in [-0.25, -0.2) is 18.2 Å². The average molecular weight is 450 g/mol. The number of carbonyl (C=O) groups is 1. The zero-order valence-corrected chi connectivity index (χ0v) is 19.4. The van der Waals surface area contributed by atoms with Crippen LogP contribution in [0.2, 0.25) is 0 Å². The van der Waals surface area contributed by atoms with E-state index in [0.29, 0.717) is 35.3 Å². The van der Waals surface area contributed by atoms with Crippen molar-refractivity contribution in [1.29, 1.82) is 4.78 Å². The normalized spacial score (nSPS) is 13.3. The summed E-state index contributed by atoms with van der Waals surface area (Å²) in [5.74, 6) is -0.433. The van der Waals surface area contributed by atoms with Crippen LogP contribution in [-0.2, 0) is 9.92 Å². The number of amides is 2. The molecule has 0 aliphatic rings. The van der Waals surface area contributed by atoms with Crippen LogP contribution in [0.4, 0.5) is 14.9 Å². The summed E-state index contributed by atoms with van der Waals surface area (Å²) >= 11 is 0. The molecule has 2 aromatic rings. The van der Waals surface area contributed by atoms with Gasteiger partial charge in [-0.15, -0.1) is 0 Å². The second-order valence-corrected chi connectivity index (χ2v) is 9.59. The number of nitrogens with one attached hydrogen (secondary N) is 3. The summed E-state index contributed by atoms with van der Waals surface area (Å²) in [6.07, 6.45) is 3.74. The second kappa shape index (κ2) is 11.2. The fourth-order valence-electron chi connectivity index (χ4n) is 3.34. The van der Waals surface area contributed by atoms with Gasteiger partial charge >= 0.3 is 6.03 Å². The first-order valence-electron chi connectivity index (χ1n) is 10.5. The smallest absolute Gasteiger partial charge is 0.306 e. The highest BCUT2D eigenvalue weighted by Gasteiger charge is 2.19. The van der Waals surface area contributed by atoms with Crippen molar-refractivity contribution < 1.29 is 13.4 Å². The summed E-state index contributed by atoms with van der Waals surface area (Å²) in [6.45, 7) is 10.3. The third-order valence-corrected chi connectivity index (χ3v) is 6.40. The van der Waals surface area contributed by atoms with Crippen LogP contribution in [0, 0.1) is 10.6 Å². The molecule has 9 heteroatoms. The largest absolute Gasteiger partial charge is 0.331 e. The summed E-state index contributed by atoms with van der Waals surface area (Å²) in [5, 5.41) is 2.71. The molecule has 1 heterocycles. The number of rotatable bonds is 10. The van der Waals surface area contributed by atoms with E-state index in [1.54, 1.807) is 24.5 Å². The number of anilines is 1. The van der Waals surface area contributed by atoms with Gasteiger partial charge in [0.25, 0.3) is 0 Å². The van der Waals surface area contributed by atoms with Gasteiger partial charge in [-0.1, -0.05) is 33.8 Å². The second-order valence-electron chi connectivity index (χ2n) is 7.63. The zero-order valence-electron chi connectivity index (χ0n) is 18.6. The Hall–Kier alpha value is -2.52. The molecule has 0 radical (unpaired) electrons. The molecule has 1 aromatic carbocycles. The molecule has 2 amide bonds. The van der Waals surface area contributed by atoms with Crippen LogP contribution in [0.1, 0.15) is 45.6 Å². The van der Waals surface area contributed by atoms with Crippen molar-refractivity contribution in [2.75, 3.05) is 30.7 Å². The number of halogens is 1. The van der Waals surface area contributed by atoms with Crippen LogP contribution < -0.4 is 10.0 Å². The SMILES string of the molecule is CCN(CC)CCCS(=N)(=O)NC(=O)Nc1c(-c2cccnc2)cc(F)cc1C(C)C. The molecule has 1 atom stereocenters. The predicted molar refractivity (Wildman–Crippen MR) is 124 cm³/mol. The average Bonchev–Trinajstić information content (AvgIpc) is 2.72. The maximum absolute atomic E-state index is 14.3. The molecule has 1 aromatic heterocycles. The first kappa shape index (κ1) is 24.7. The van der Waals surface area contributed by atoms with E-state index in [-0.39, 0.29) is 11.7 Å². The quantitative estimate of drug-likeness (QED) is 0.484. The Morgan fingerprint density at radius 3 is 2.58 bits per heavy atom. The van der Waals surface area contributed by atoms with E-state index in [0.717, 1.165) is 13.1 Å². The number of hydrogen-bond donors (Lipinski definition) is 3. The summed E-state index contributed by atoms with van der Waals surface area (Å²) in [7, 11) is -3.31. The van der Waals surface area contributed by atoms with Gasteiger partial charge in [-0.3, -0.25) is 9.71 Å². The van der Waals surface area contributed by atoms with Gasteiger partial charge in [0.2, 0.25) is 0 Å². The van der Waals surface area contributed by atoms with Crippen LogP contribution in [0.3, 0.4) is 0 Å². The lowest BCUT2D eigenvalue weighted by atomic mass is 9.94. The summed E-state index contributed by atoms with van der Waals surface area (Å²) in [5.41, 5.74) is 2.14. The fraction of sp³-hybridized carbons (Fsp3) is 0.455. The molecule has 3 N–H and O–H groups in total. The molecule has 0 bridgehead atoms. The van der Waals surface area contributed by atoms with Gasteiger partial charge in [0.1, 0.15) is 15.7 Å². The molecule has 0 saturated heterocycles. The number of nitrogens with zero attached hydrogens (tertiary/aromatic N) is 2. The zero-order chi connectivity index (χ0) is 23.0. The monoisotopic (exact) mass is 449 g/mol. The highest BCUT2D eigenvalue weighted by atomic mass is 32.2. The highest BCUT2D eigenvalue weighted by molar-refractivity contribution is 7.91. The minimum Gasteiger partial charge on any atom is -0.306 e. The van der Waals surface area contributed by atoms with Crippen LogP contribution in [0.5, 0.6) is 0 Å². The Bertz CT molecular complexity index is 977. The van der Waals surface area contributed by atoms with Crippen LogP contribution in [0.15, 0.2) is 36.7 Å². The third-order valence-electron chi connectivity index (χ3n) is 5.02. The first-order valence-corrected chi connectivity index (χ1v) is 12.2. The van der Waals surface area contributed by atoms with Gasteiger partial charge < -0.3 is 10.2 Å². The van der Waals surface area contributed by atoms with Crippen LogP contribution >= 0.6 is 0 Å². The van der Waals surface area contributed by atoms with Crippen molar-refractivity contribution in [3.05, 3.63) is 48.0 Å². The number of pyridine rings is 1. The Balaban J connectivity index is 2.22. The molecule has 31 heavy (non-hydrogen) atoms. The maximum Gasteiger partial charge on any atom is 0.331 e. The topological polar surface area (TPSA) is 98.2 Å². The van der Waals surface area contributed by atoms with E-state index in [9.17, 15) is 13.4 Å². The molecule has 7 nitrogen and oxygen atoms in total. The van der Waals surface area contributed by atoms with Crippen molar-refractivity contribution in [3.8, 4) is 11.1 Å². The minimum atomic E-state index is -3.31. The minimum absolute atomic E-state index is 0.0623. The summed E-state index contributed by atoms with van der Waals surface area (Å²) < 4.78 is 37.2. The van der Waals surface area contributed by atoms with E-state index in [2.05, 4.69) is 19.9 Å². The Morgan fingerprint density at radius 1 is 1.29 bits per heavy atom. The van der Waals surface area contributed by atoms with Crippen molar-refractivity contribution in [2.24, 2.45) is 0 Å². The van der Waals surface area contributed by atoms with Gasteiger partial charge in [-0.2, -0.15) is 0 Å². The maximum atomic E-state index is 14.3. The molecular weight excluding hydrogens is 417 g/mol. The molecule has 0 aliphatic heterocycles. The van der Waals surface area contributed by atoms with Crippen LogP contribution in [0.25, 0.3) is 11.1 Å². The van der Waals surface area contributed by atoms with Crippen molar-refractivity contribution in [1.82, 2.24) is 14.6 Å². The number of benzene rings is 1. The molecule has 170 valence electrons. The highest BCUT2D eigenvalue weighted by Crippen LogP contribution is 2.35. The molecule has 0 spiro atoms. The fourth-order valence-corrected chi connectivity index (χ4v) is 4.33. The summed E-state index contributed by atoms with van der Waals surface area (Å²) in [6, 6.07) is 5.46. The number of carbonyl (C=O) groups excluding carboxylic acids is 1. The van der Waals surface area contributed by atoms with E-state index in [1.165, 1.54) is 12.1 Å². The lowest BCUT2D eigenvalue weighted by Gasteiger charge is -2.20. The molecule has 2 rings (SSSR count). The van der Waals surface area contributed by atoms with Crippen molar-refractivity contribution >= 4 is 21.6 Å².